The highest BCUT2D eigenvalue weighted by molar-refractivity contribution is 6.00. The maximum absolute atomic E-state index is 13.1. The molecule has 2 aromatic rings. The first kappa shape index (κ1) is 15.7. The number of benzene rings is 2. The number of carbonyl (C=O) groups is 2. The second-order valence-electron chi connectivity index (χ2n) is 5.06. The average molecular weight is 300 g/mol. The van der Waals surface area contributed by atoms with Gasteiger partial charge in [-0.2, -0.15) is 0 Å². The lowest BCUT2D eigenvalue weighted by Crippen LogP contribution is -2.41. The topological polar surface area (TPSA) is 58.2 Å². The van der Waals surface area contributed by atoms with Gasteiger partial charge in [-0.1, -0.05) is 18.2 Å². The fourth-order valence-electron chi connectivity index (χ4n) is 1.95. The largest absolute Gasteiger partial charge is 0.341 e. The van der Waals surface area contributed by atoms with Crippen molar-refractivity contribution in [3.05, 3.63) is 65.5 Å². The molecule has 0 aliphatic carbocycles. The van der Waals surface area contributed by atoms with Crippen molar-refractivity contribution in [1.82, 2.24) is 5.32 Å². The van der Waals surface area contributed by atoms with Crippen molar-refractivity contribution < 1.29 is 14.0 Å². The molecule has 4 nitrogen and oxygen atoms in total. The Morgan fingerprint density at radius 2 is 1.82 bits per heavy atom. The molecule has 0 heterocycles. The summed E-state index contributed by atoms with van der Waals surface area (Å²) in [7, 11) is 0. The van der Waals surface area contributed by atoms with Crippen molar-refractivity contribution in [3.63, 3.8) is 0 Å². The fraction of sp³-hybridized carbons (Fsp3) is 0.176. The summed E-state index contributed by atoms with van der Waals surface area (Å²) < 4.78 is 13.1. The number of hydrogen-bond acceptors (Lipinski definition) is 2. The van der Waals surface area contributed by atoms with Crippen LogP contribution in [0.4, 0.5) is 10.1 Å². The van der Waals surface area contributed by atoms with Gasteiger partial charge in [-0.25, -0.2) is 4.39 Å². The van der Waals surface area contributed by atoms with Gasteiger partial charge in [-0.15, -0.1) is 0 Å². The summed E-state index contributed by atoms with van der Waals surface area (Å²) in [6.45, 7) is 3.49. The Bertz CT molecular complexity index is 701. The molecular formula is C17H17FN2O2. The van der Waals surface area contributed by atoms with Crippen LogP contribution in [-0.4, -0.2) is 17.9 Å². The van der Waals surface area contributed by atoms with Gasteiger partial charge in [0, 0.05) is 11.3 Å². The van der Waals surface area contributed by atoms with Crippen LogP contribution in [0.3, 0.4) is 0 Å². The second-order valence-corrected chi connectivity index (χ2v) is 5.06. The highest BCUT2D eigenvalue weighted by Gasteiger charge is 2.17. The highest BCUT2D eigenvalue weighted by Crippen LogP contribution is 2.10. The van der Waals surface area contributed by atoms with Gasteiger partial charge in [0.2, 0.25) is 5.91 Å². The lowest BCUT2D eigenvalue weighted by atomic mass is 10.2. The Hall–Kier alpha value is -2.69. The summed E-state index contributed by atoms with van der Waals surface area (Å²) in [5, 5.41) is 5.26. The van der Waals surface area contributed by atoms with Crippen LogP contribution in [0.1, 0.15) is 22.8 Å². The summed E-state index contributed by atoms with van der Waals surface area (Å²) in [4.78, 5) is 24.0. The SMILES string of the molecule is Cc1cccc(NC(=O)C(C)NC(=O)c2cccc(F)c2)c1. The van der Waals surface area contributed by atoms with Crippen LogP contribution in [0.25, 0.3) is 0 Å². The van der Waals surface area contributed by atoms with Crippen molar-refractivity contribution in [2.24, 2.45) is 0 Å². The lowest BCUT2D eigenvalue weighted by molar-refractivity contribution is -0.117. The van der Waals surface area contributed by atoms with Gasteiger partial charge in [0.15, 0.2) is 0 Å². The molecule has 2 aromatic carbocycles. The molecule has 0 saturated heterocycles. The summed E-state index contributed by atoms with van der Waals surface area (Å²) in [5.74, 6) is -1.33. The number of halogens is 1. The van der Waals surface area contributed by atoms with E-state index in [2.05, 4.69) is 10.6 Å². The first-order valence-electron chi connectivity index (χ1n) is 6.89. The van der Waals surface area contributed by atoms with Crippen LogP contribution in [0.2, 0.25) is 0 Å². The van der Waals surface area contributed by atoms with Gasteiger partial charge in [0.25, 0.3) is 5.91 Å². The smallest absolute Gasteiger partial charge is 0.252 e. The maximum Gasteiger partial charge on any atom is 0.252 e. The predicted molar refractivity (Wildman–Crippen MR) is 83.1 cm³/mol. The molecule has 5 heteroatoms. The fourth-order valence-corrected chi connectivity index (χ4v) is 1.95. The zero-order valence-corrected chi connectivity index (χ0v) is 12.4. The Morgan fingerprint density at radius 3 is 2.50 bits per heavy atom. The number of carbonyl (C=O) groups excluding carboxylic acids is 2. The van der Waals surface area contributed by atoms with E-state index < -0.39 is 17.8 Å². The van der Waals surface area contributed by atoms with Gasteiger partial charge in [0.05, 0.1) is 0 Å². The third-order valence-corrected chi connectivity index (χ3v) is 3.11. The molecule has 22 heavy (non-hydrogen) atoms. The van der Waals surface area contributed by atoms with E-state index in [4.69, 9.17) is 0 Å². The Kier molecular flexibility index (Phi) is 4.88. The molecule has 0 spiro atoms. The third-order valence-electron chi connectivity index (χ3n) is 3.11. The monoisotopic (exact) mass is 300 g/mol. The molecule has 2 N–H and O–H groups in total. The van der Waals surface area contributed by atoms with Crippen molar-refractivity contribution in [2.45, 2.75) is 19.9 Å². The molecule has 0 aliphatic rings. The molecule has 0 aromatic heterocycles. The molecule has 0 saturated carbocycles. The first-order valence-corrected chi connectivity index (χ1v) is 6.89. The van der Waals surface area contributed by atoms with Gasteiger partial charge >= 0.3 is 0 Å². The minimum Gasteiger partial charge on any atom is -0.341 e. The zero-order valence-electron chi connectivity index (χ0n) is 12.4. The summed E-state index contributed by atoms with van der Waals surface area (Å²) in [5.41, 5.74) is 1.86. The number of aryl methyl sites for hydroxylation is 1. The summed E-state index contributed by atoms with van der Waals surface area (Å²) in [6, 6.07) is 11.9. The second kappa shape index (κ2) is 6.85. The molecule has 0 radical (unpaired) electrons. The minimum atomic E-state index is -0.740. The van der Waals surface area contributed by atoms with E-state index in [9.17, 15) is 14.0 Å². The van der Waals surface area contributed by atoms with E-state index in [1.54, 1.807) is 13.0 Å². The van der Waals surface area contributed by atoms with Gasteiger partial charge in [-0.05, 0) is 49.7 Å². The highest BCUT2D eigenvalue weighted by atomic mass is 19.1. The number of amides is 2. The van der Waals surface area contributed by atoms with E-state index >= 15 is 0 Å². The molecule has 1 atom stereocenters. The van der Waals surface area contributed by atoms with Crippen molar-refractivity contribution in [2.75, 3.05) is 5.32 Å². The van der Waals surface area contributed by atoms with Crippen LogP contribution in [0.5, 0.6) is 0 Å². The van der Waals surface area contributed by atoms with Gasteiger partial charge in [-0.3, -0.25) is 9.59 Å². The lowest BCUT2D eigenvalue weighted by Gasteiger charge is -2.14. The maximum atomic E-state index is 13.1. The number of nitrogens with one attached hydrogen (secondary N) is 2. The molecule has 2 rings (SSSR count). The molecule has 0 bridgehead atoms. The Balaban J connectivity index is 1.98. The number of hydrogen-bond donors (Lipinski definition) is 2. The van der Waals surface area contributed by atoms with Crippen LogP contribution in [-0.2, 0) is 4.79 Å². The van der Waals surface area contributed by atoms with Gasteiger partial charge in [0.1, 0.15) is 11.9 Å². The van der Waals surface area contributed by atoms with E-state index in [-0.39, 0.29) is 11.5 Å². The quantitative estimate of drug-likeness (QED) is 0.912. The van der Waals surface area contributed by atoms with Crippen LogP contribution >= 0.6 is 0 Å². The number of anilines is 1. The minimum absolute atomic E-state index is 0.176. The molecule has 114 valence electrons. The Labute approximate surface area is 128 Å². The number of rotatable bonds is 4. The third kappa shape index (κ3) is 4.15. The molecule has 1 unspecified atom stereocenters. The first-order chi connectivity index (χ1) is 10.5. The van der Waals surface area contributed by atoms with E-state index in [0.29, 0.717) is 5.69 Å². The summed E-state index contributed by atoms with van der Waals surface area (Å²) >= 11 is 0. The van der Waals surface area contributed by atoms with Crippen LogP contribution in [0.15, 0.2) is 48.5 Å². The van der Waals surface area contributed by atoms with Gasteiger partial charge < -0.3 is 10.6 Å². The standard InChI is InChI=1S/C17H17FN2O2/c1-11-5-3-8-15(9-11)20-16(21)12(2)19-17(22)13-6-4-7-14(18)10-13/h3-10,12H,1-2H3,(H,19,22)(H,20,21). The van der Waals surface area contributed by atoms with Crippen molar-refractivity contribution >= 4 is 17.5 Å². The molecule has 0 fully saturated rings. The van der Waals surface area contributed by atoms with E-state index in [1.165, 1.54) is 18.2 Å². The average Bonchev–Trinajstić information content (AvgIpc) is 2.47. The zero-order chi connectivity index (χ0) is 16.1. The Morgan fingerprint density at radius 1 is 1.09 bits per heavy atom. The van der Waals surface area contributed by atoms with E-state index in [1.807, 2.05) is 25.1 Å². The van der Waals surface area contributed by atoms with Crippen LogP contribution in [0, 0.1) is 12.7 Å². The van der Waals surface area contributed by atoms with E-state index in [0.717, 1.165) is 11.6 Å². The molecular weight excluding hydrogens is 283 g/mol. The normalized spacial score (nSPS) is 11.6. The van der Waals surface area contributed by atoms with Crippen molar-refractivity contribution in [1.29, 1.82) is 0 Å². The molecule has 0 aliphatic heterocycles. The predicted octanol–water partition coefficient (Wildman–Crippen LogP) is 2.89. The summed E-state index contributed by atoms with van der Waals surface area (Å²) in [6.07, 6.45) is 0. The van der Waals surface area contributed by atoms with Crippen LogP contribution < -0.4 is 10.6 Å². The molecule has 2 amide bonds. The van der Waals surface area contributed by atoms with Crippen molar-refractivity contribution in [3.8, 4) is 0 Å².